The molecule has 0 aromatic heterocycles. The Balaban J connectivity index is 4.45. The summed E-state index contributed by atoms with van der Waals surface area (Å²) < 4.78 is 0. The van der Waals surface area contributed by atoms with Gasteiger partial charge < -0.3 is 5.73 Å². The third-order valence-corrected chi connectivity index (χ3v) is 1.81. The molecule has 0 saturated heterocycles. The molecule has 0 aliphatic rings. The van der Waals surface area contributed by atoms with Crippen molar-refractivity contribution in [2.75, 3.05) is 6.54 Å². The monoisotopic (exact) mass is 229 g/mol. The minimum absolute atomic E-state index is 0.175. The van der Waals surface area contributed by atoms with Gasteiger partial charge in [0.25, 0.3) is 5.96 Å². The van der Waals surface area contributed by atoms with Crippen molar-refractivity contribution >= 4 is 12.2 Å². The van der Waals surface area contributed by atoms with Crippen LogP contribution in [0, 0.1) is 10.1 Å². The lowest BCUT2D eigenvalue weighted by atomic mass is 10.3. The molecule has 92 valence electrons. The van der Waals surface area contributed by atoms with Gasteiger partial charge in [0.15, 0.2) is 5.03 Å². The average Bonchev–Trinajstić information content (AvgIpc) is 2.22. The van der Waals surface area contributed by atoms with Gasteiger partial charge in [-0.1, -0.05) is 26.7 Å². The molecule has 0 amide bonds. The Kier molecular flexibility index (Phi) is 7.74. The summed E-state index contributed by atoms with van der Waals surface area (Å²) in [7, 11) is 0. The van der Waals surface area contributed by atoms with Crippen LogP contribution < -0.4 is 5.73 Å². The minimum atomic E-state index is -0.816. The Bertz CT molecular complexity index is 265. The van der Waals surface area contributed by atoms with E-state index in [9.17, 15) is 10.1 Å². The number of guanidine groups is 1. The van der Waals surface area contributed by atoms with E-state index < -0.39 is 5.03 Å². The van der Waals surface area contributed by atoms with Crippen LogP contribution in [0.3, 0.4) is 0 Å². The van der Waals surface area contributed by atoms with Gasteiger partial charge in [-0.25, -0.2) is 15.1 Å². The van der Waals surface area contributed by atoms with Crippen LogP contribution in [0.5, 0.6) is 0 Å². The zero-order chi connectivity index (χ0) is 12.4. The van der Waals surface area contributed by atoms with Gasteiger partial charge in [-0.05, 0) is 12.8 Å². The molecule has 0 unspecified atom stereocenters. The summed E-state index contributed by atoms with van der Waals surface area (Å²) in [5, 5.41) is 17.8. The Morgan fingerprint density at radius 2 is 2.19 bits per heavy atom. The van der Waals surface area contributed by atoms with Crippen LogP contribution in [0.25, 0.3) is 0 Å². The zero-order valence-electron chi connectivity index (χ0n) is 9.80. The van der Waals surface area contributed by atoms with E-state index in [1.54, 1.807) is 6.21 Å². The second-order valence-corrected chi connectivity index (χ2v) is 3.26. The average molecular weight is 229 g/mol. The standard InChI is InChI=1S/C9H19N5O2/c1-3-5-7-11-13(8-6-4-2)9(10)12-14(15)16/h7H,3-6,8H2,1-2H3,(H2,10,12)/b11-7+. The van der Waals surface area contributed by atoms with Crippen molar-refractivity contribution in [2.24, 2.45) is 15.9 Å². The lowest BCUT2D eigenvalue weighted by Gasteiger charge is -2.14. The number of unbranched alkanes of at least 4 members (excludes halogenated alkanes) is 2. The zero-order valence-corrected chi connectivity index (χ0v) is 9.80. The van der Waals surface area contributed by atoms with Crippen molar-refractivity contribution in [2.45, 2.75) is 39.5 Å². The van der Waals surface area contributed by atoms with E-state index in [-0.39, 0.29) is 5.96 Å². The van der Waals surface area contributed by atoms with Gasteiger partial charge in [0.05, 0.1) is 0 Å². The topological polar surface area (TPSA) is 97.1 Å². The van der Waals surface area contributed by atoms with Crippen molar-refractivity contribution < 1.29 is 5.03 Å². The summed E-state index contributed by atoms with van der Waals surface area (Å²) in [5.41, 5.74) is 5.46. The van der Waals surface area contributed by atoms with Gasteiger partial charge in [-0.15, -0.1) is 0 Å². The molecule has 0 bridgehead atoms. The number of nitrogens with two attached hydrogens (primary N) is 1. The summed E-state index contributed by atoms with van der Waals surface area (Å²) in [6.45, 7) is 4.59. The Morgan fingerprint density at radius 3 is 2.69 bits per heavy atom. The summed E-state index contributed by atoms with van der Waals surface area (Å²) in [4.78, 5) is 10.2. The van der Waals surface area contributed by atoms with Crippen LogP contribution in [-0.4, -0.2) is 28.8 Å². The molecule has 0 radical (unpaired) electrons. The Hall–Kier alpha value is -1.66. The molecule has 0 fully saturated rings. The molecule has 0 aliphatic carbocycles. The second kappa shape index (κ2) is 8.63. The van der Waals surface area contributed by atoms with Gasteiger partial charge in [0.2, 0.25) is 0 Å². The van der Waals surface area contributed by atoms with E-state index in [1.165, 1.54) is 5.01 Å². The second-order valence-electron chi connectivity index (χ2n) is 3.26. The summed E-state index contributed by atoms with van der Waals surface area (Å²) >= 11 is 0. The first-order valence-electron chi connectivity index (χ1n) is 5.40. The molecule has 0 atom stereocenters. The third-order valence-electron chi connectivity index (χ3n) is 1.81. The fourth-order valence-corrected chi connectivity index (χ4v) is 0.960. The highest BCUT2D eigenvalue weighted by Crippen LogP contribution is 1.96. The predicted molar refractivity (Wildman–Crippen MR) is 63.6 cm³/mol. The maximum atomic E-state index is 10.2. The van der Waals surface area contributed by atoms with E-state index in [0.717, 1.165) is 25.7 Å². The lowest BCUT2D eigenvalue weighted by molar-refractivity contribution is -0.485. The SMILES string of the molecule is CCC/C=N/N(CCCC)/C(N)=N/[N+](=O)[O-]. The summed E-state index contributed by atoms with van der Waals surface area (Å²) in [6.07, 6.45) is 5.30. The first-order valence-corrected chi connectivity index (χ1v) is 5.40. The number of hydrazone groups is 2. The van der Waals surface area contributed by atoms with Gasteiger partial charge in [0, 0.05) is 12.8 Å². The van der Waals surface area contributed by atoms with Crippen molar-refractivity contribution in [3.63, 3.8) is 0 Å². The molecule has 2 N–H and O–H groups in total. The highest BCUT2D eigenvalue weighted by atomic mass is 16.7. The number of hydrogen-bond acceptors (Lipinski definition) is 3. The Labute approximate surface area is 95.1 Å². The lowest BCUT2D eigenvalue weighted by Crippen LogP contribution is -2.34. The molecule has 0 aliphatic heterocycles. The molecule has 7 heteroatoms. The maximum Gasteiger partial charge on any atom is 0.289 e. The number of nitro groups is 1. The van der Waals surface area contributed by atoms with Crippen molar-refractivity contribution in [1.29, 1.82) is 0 Å². The number of nitrogens with zero attached hydrogens (tertiary/aromatic N) is 4. The van der Waals surface area contributed by atoms with Crippen molar-refractivity contribution in [1.82, 2.24) is 5.01 Å². The van der Waals surface area contributed by atoms with Crippen molar-refractivity contribution in [3.05, 3.63) is 10.1 Å². The molecular formula is C9H19N5O2. The van der Waals surface area contributed by atoms with Gasteiger partial charge in [0.1, 0.15) is 5.10 Å². The van der Waals surface area contributed by atoms with Gasteiger partial charge >= 0.3 is 0 Å². The summed E-state index contributed by atoms with van der Waals surface area (Å²) in [5.74, 6) is -0.175. The fourth-order valence-electron chi connectivity index (χ4n) is 0.960. The van der Waals surface area contributed by atoms with Crippen molar-refractivity contribution in [3.8, 4) is 0 Å². The van der Waals surface area contributed by atoms with E-state index in [1.807, 2.05) is 13.8 Å². The number of hydrogen-bond donors (Lipinski definition) is 1. The Morgan fingerprint density at radius 1 is 1.50 bits per heavy atom. The van der Waals surface area contributed by atoms with E-state index >= 15 is 0 Å². The van der Waals surface area contributed by atoms with Crippen LogP contribution in [0.2, 0.25) is 0 Å². The van der Waals surface area contributed by atoms with Gasteiger partial charge in [-0.3, -0.25) is 0 Å². The maximum absolute atomic E-state index is 10.2. The molecular weight excluding hydrogens is 210 g/mol. The van der Waals surface area contributed by atoms with Crippen LogP contribution in [0.15, 0.2) is 10.2 Å². The van der Waals surface area contributed by atoms with E-state index in [0.29, 0.717) is 6.54 Å². The number of rotatable bonds is 7. The van der Waals surface area contributed by atoms with E-state index in [4.69, 9.17) is 5.73 Å². The quantitative estimate of drug-likeness (QED) is 0.308. The molecule has 0 aromatic rings. The summed E-state index contributed by atoms with van der Waals surface area (Å²) in [6, 6.07) is 0. The third kappa shape index (κ3) is 6.74. The first kappa shape index (κ1) is 14.3. The van der Waals surface area contributed by atoms with Crippen LogP contribution >= 0.6 is 0 Å². The molecule has 7 nitrogen and oxygen atoms in total. The highest BCUT2D eigenvalue weighted by Gasteiger charge is 2.09. The molecule has 0 heterocycles. The van der Waals surface area contributed by atoms with Crippen LogP contribution in [-0.2, 0) is 0 Å². The minimum Gasteiger partial charge on any atom is -0.363 e. The first-order chi connectivity index (χ1) is 7.61. The fraction of sp³-hybridized carbons (Fsp3) is 0.778. The van der Waals surface area contributed by atoms with Gasteiger partial charge in [-0.2, -0.15) is 5.10 Å². The van der Waals surface area contributed by atoms with Crippen LogP contribution in [0.1, 0.15) is 39.5 Å². The van der Waals surface area contributed by atoms with E-state index in [2.05, 4.69) is 10.2 Å². The molecule has 0 saturated carbocycles. The molecule has 16 heavy (non-hydrogen) atoms. The molecule has 0 aromatic carbocycles. The smallest absolute Gasteiger partial charge is 0.289 e. The highest BCUT2D eigenvalue weighted by molar-refractivity contribution is 5.78. The molecule has 0 rings (SSSR count). The molecule has 0 spiro atoms. The predicted octanol–water partition coefficient (Wildman–Crippen LogP) is 1.38. The largest absolute Gasteiger partial charge is 0.363 e. The van der Waals surface area contributed by atoms with Crippen LogP contribution in [0.4, 0.5) is 0 Å². The normalized spacial score (nSPS) is 12.0.